The van der Waals surface area contributed by atoms with Gasteiger partial charge >= 0.3 is 0 Å². The van der Waals surface area contributed by atoms with Gasteiger partial charge in [0.2, 0.25) is 0 Å². The fraction of sp³-hybridized carbons (Fsp3) is 0.529. The first-order chi connectivity index (χ1) is 11.3. The first kappa shape index (κ1) is 14.8. The summed E-state index contributed by atoms with van der Waals surface area (Å²) in [5.74, 6) is 2.98. The van der Waals surface area contributed by atoms with E-state index in [0.717, 1.165) is 18.4 Å². The van der Waals surface area contributed by atoms with Crippen LogP contribution < -0.4 is 5.32 Å². The number of carbonyl (C=O) groups is 1. The van der Waals surface area contributed by atoms with Crippen LogP contribution in [0.3, 0.4) is 0 Å². The first-order valence-electron chi connectivity index (χ1n) is 8.32. The first-order valence-corrected chi connectivity index (χ1v) is 9.14. The molecule has 0 bridgehead atoms. The summed E-state index contributed by atoms with van der Waals surface area (Å²) in [6.45, 7) is 0.801. The number of nitrogens with one attached hydrogen (secondary N) is 1. The predicted molar refractivity (Wildman–Crippen MR) is 89.0 cm³/mol. The lowest BCUT2D eigenvalue weighted by atomic mass is 9.91. The summed E-state index contributed by atoms with van der Waals surface area (Å²) in [5.41, 5.74) is 0. The van der Waals surface area contributed by atoms with Gasteiger partial charge in [-0.2, -0.15) is 0 Å². The molecule has 2 aromatic heterocycles. The lowest BCUT2D eigenvalue weighted by molar-refractivity contribution is 0.0946. The van der Waals surface area contributed by atoms with Gasteiger partial charge in [-0.15, -0.1) is 11.3 Å². The number of hydrogen-bond acceptors (Lipinski definition) is 5. The third kappa shape index (κ3) is 3.27. The summed E-state index contributed by atoms with van der Waals surface area (Å²) in [4.78, 5) is 25.6. The fourth-order valence-electron chi connectivity index (χ4n) is 3.67. The Morgan fingerprint density at radius 3 is 2.78 bits per heavy atom. The standard InChI is InChI=1S/C17H20N4OS/c22-16(20-9-12-3-1-4-13(12)11-5-6-11)14-10-21-17(23-14)15-18-7-2-8-19-15/h2,7-8,10-13H,1,3-6,9H2,(H,20,22)/t12-,13+/m0/s1. The summed E-state index contributed by atoms with van der Waals surface area (Å²) >= 11 is 1.35. The number of carbonyl (C=O) groups excluding carboxylic acids is 1. The Labute approximate surface area is 139 Å². The molecule has 0 radical (unpaired) electrons. The summed E-state index contributed by atoms with van der Waals surface area (Å²) < 4.78 is 0. The highest BCUT2D eigenvalue weighted by Crippen LogP contribution is 2.47. The van der Waals surface area contributed by atoms with Gasteiger partial charge in [-0.05, 0) is 49.5 Å². The zero-order valence-electron chi connectivity index (χ0n) is 12.9. The van der Waals surface area contributed by atoms with Crippen molar-refractivity contribution in [1.29, 1.82) is 0 Å². The van der Waals surface area contributed by atoms with Crippen molar-refractivity contribution >= 4 is 17.2 Å². The van der Waals surface area contributed by atoms with E-state index in [4.69, 9.17) is 0 Å². The van der Waals surface area contributed by atoms with Gasteiger partial charge in [-0.25, -0.2) is 15.0 Å². The van der Waals surface area contributed by atoms with Crippen molar-refractivity contribution in [2.75, 3.05) is 6.54 Å². The summed E-state index contributed by atoms with van der Waals surface area (Å²) in [5, 5.41) is 3.80. The van der Waals surface area contributed by atoms with E-state index in [0.29, 0.717) is 21.6 Å². The number of amides is 1. The molecule has 6 heteroatoms. The second-order valence-corrected chi connectivity index (χ2v) is 7.54. The fourth-order valence-corrected chi connectivity index (χ4v) is 4.45. The van der Waals surface area contributed by atoms with E-state index < -0.39 is 0 Å². The molecule has 2 atom stereocenters. The minimum absolute atomic E-state index is 0.0221. The third-order valence-corrected chi connectivity index (χ3v) is 5.95. The van der Waals surface area contributed by atoms with Gasteiger partial charge in [0.25, 0.3) is 5.91 Å². The zero-order chi connectivity index (χ0) is 15.6. The number of thiazole rings is 1. The van der Waals surface area contributed by atoms with Crippen molar-refractivity contribution in [2.45, 2.75) is 32.1 Å². The van der Waals surface area contributed by atoms with E-state index in [1.807, 2.05) is 0 Å². The maximum Gasteiger partial charge on any atom is 0.263 e. The Morgan fingerprint density at radius 1 is 1.17 bits per heavy atom. The van der Waals surface area contributed by atoms with Gasteiger partial charge in [-0.1, -0.05) is 6.42 Å². The summed E-state index contributed by atoms with van der Waals surface area (Å²) in [7, 11) is 0. The van der Waals surface area contributed by atoms with Crippen LogP contribution in [0.25, 0.3) is 10.8 Å². The maximum absolute atomic E-state index is 12.4. The lowest BCUT2D eigenvalue weighted by Crippen LogP contribution is -2.30. The minimum atomic E-state index is -0.0221. The minimum Gasteiger partial charge on any atom is -0.351 e. The van der Waals surface area contributed by atoms with Gasteiger partial charge in [-0.3, -0.25) is 4.79 Å². The van der Waals surface area contributed by atoms with Gasteiger partial charge in [0, 0.05) is 18.9 Å². The molecule has 120 valence electrons. The third-order valence-electron chi connectivity index (χ3n) is 4.96. The Morgan fingerprint density at radius 2 is 2.00 bits per heavy atom. The van der Waals surface area contributed by atoms with Crippen LogP contribution in [0.15, 0.2) is 24.7 Å². The summed E-state index contributed by atoms with van der Waals surface area (Å²) in [6, 6.07) is 1.77. The molecular formula is C17H20N4OS. The molecule has 0 aliphatic heterocycles. The highest BCUT2D eigenvalue weighted by Gasteiger charge is 2.39. The molecule has 1 N–H and O–H groups in total. The van der Waals surface area contributed by atoms with Crippen molar-refractivity contribution < 1.29 is 4.79 Å². The van der Waals surface area contributed by atoms with Crippen molar-refractivity contribution in [1.82, 2.24) is 20.3 Å². The quantitative estimate of drug-likeness (QED) is 0.915. The van der Waals surface area contributed by atoms with Crippen molar-refractivity contribution in [3.05, 3.63) is 29.5 Å². The molecule has 1 amide bonds. The van der Waals surface area contributed by atoms with Crippen LogP contribution in [0.4, 0.5) is 0 Å². The van der Waals surface area contributed by atoms with Gasteiger partial charge < -0.3 is 5.32 Å². The normalized spacial score (nSPS) is 23.8. The molecular weight excluding hydrogens is 308 g/mol. The maximum atomic E-state index is 12.4. The Balaban J connectivity index is 1.37. The van der Waals surface area contributed by atoms with Crippen LogP contribution in [0, 0.1) is 17.8 Å². The average Bonchev–Trinajstić information content (AvgIpc) is 3.13. The molecule has 0 spiro atoms. The van der Waals surface area contributed by atoms with Crippen molar-refractivity contribution in [3.8, 4) is 10.8 Å². The molecule has 0 unspecified atom stereocenters. The molecule has 2 heterocycles. The lowest BCUT2D eigenvalue weighted by Gasteiger charge is -2.19. The molecule has 23 heavy (non-hydrogen) atoms. The molecule has 2 aliphatic rings. The Hall–Kier alpha value is -1.82. The van der Waals surface area contributed by atoms with Crippen LogP contribution in [0.1, 0.15) is 41.8 Å². The van der Waals surface area contributed by atoms with Crippen molar-refractivity contribution in [3.63, 3.8) is 0 Å². The molecule has 2 fully saturated rings. The van der Waals surface area contributed by atoms with Crippen LogP contribution in [0.2, 0.25) is 0 Å². The van der Waals surface area contributed by atoms with E-state index >= 15 is 0 Å². The second kappa shape index (κ2) is 6.35. The molecule has 0 saturated heterocycles. The number of hydrogen-bond donors (Lipinski definition) is 1. The highest BCUT2D eigenvalue weighted by molar-refractivity contribution is 7.16. The van der Waals surface area contributed by atoms with Crippen molar-refractivity contribution in [2.24, 2.45) is 17.8 Å². The van der Waals surface area contributed by atoms with Crippen LogP contribution >= 0.6 is 11.3 Å². The smallest absolute Gasteiger partial charge is 0.263 e. The van der Waals surface area contributed by atoms with Crippen LogP contribution in [0.5, 0.6) is 0 Å². The van der Waals surface area contributed by atoms with E-state index in [1.54, 1.807) is 24.7 Å². The largest absolute Gasteiger partial charge is 0.351 e. The van der Waals surface area contributed by atoms with E-state index in [9.17, 15) is 4.79 Å². The van der Waals surface area contributed by atoms with Gasteiger partial charge in [0.05, 0.1) is 6.20 Å². The molecule has 2 aliphatic carbocycles. The molecule has 2 aromatic rings. The van der Waals surface area contributed by atoms with Gasteiger partial charge in [0.1, 0.15) is 4.88 Å². The molecule has 2 saturated carbocycles. The Kier molecular flexibility index (Phi) is 4.08. The molecule has 4 rings (SSSR count). The summed E-state index contributed by atoms with van der Waals surface area (Å²) in [6.07, 6.45) is 11.7. The molecule has 5 nitrogen and oxygen atoms in total. The number of aromatic nitrogens is 3. The average molecular weight is 328 g/mol. The van der Waals surface area contributed by atoms with Crippen LogP contribution in [-0.2, 0) is 0 Å². The van der Waals surface area contributed by atoms with E-state index in [-0.39, 0.29) is 5.91 Å². The number of rotatable bonds is 5. The zero-order valence-corrected chi connectivity index (χ0v) is 13.8. The van der Waals surface area contributed by atoms with Gasteiger partial charge in [0.15, 0.2) is 10.8 Å². The Bertz CT molecular complexity index is 683. The van der Waals surface area contributed by atoms with Crippen LogP contribution in [-0.4, -0.2) is 27.4 Å². The number of nitrogens with zero attached hydrogens (tertiary/aromatic N) is 3. The highest BCUT2D eigenvalue weighted by atomic mass is 32.1. The monoisotopic (exact) mass is 328 g/mol. The van der Waals surface area contributed by atoms with E-state index in [1.165, 1.54) is 43.4 Å². The molecule has 0 aromatic carbocycles. The second-order valence-electron chi connectivity index (χ2n) is 6.50. The SMILES string of the molecule is O=C(NC[C@@H]1CCC[C@@H]1C1CC1)c1cnc(-c2ncccn2)s1. The predicted octanol–water partition coefficient (Wildman–Crippen LogP) is 3.16. The topological polar surface area (TPSA) is 67.8 Å². The van der Waals surface area contributed by atoms with E-state index in [2.05, 4.69) is 20.3 Å².